The number of rotatable bonds is 4. The second kappa shape index (κ2) is 6.66. The van der Waals surface area contributed by atoms with Gasteiger partial charge in [0.15, 0.2) is 0 Å². The first-order valence-corrected chi connectivity index (χ1v) is 8.49. The highest BCUT2D eigenvalue weighted by Crippen LogP contribution is 2.18. The fourth-order valence-corrected chi connectivity index (χ4v) is 2.65. The molecule has 2 aromatic carbocycles. The fourth-order valence-electron chi connectivity index (χ4n) is 1.98. The Morgan fingerprint density at radius 3 is 2.35 bits per heavy atom. The molecule has 0 spiro atoms. The quantitative estimate of drug-likeness (QED) is 0.882. The van der Waals surface area contributed by atoms with Crippen LogP contribution >= 0.6 is 11.6 Å². The summed E-state index contributed by atoms with van der Waals surface area (Å²) in [4.78, 5) is 12.1. The van der Waals surface area contributed by atoms with Crippen LogP contribution in [-0.2, 0) is 10.0 Å². The van der Waals surface area contributed by atoms with Crippen molar-refractivity contribution in [3.8, 4) is 0 Å². The summed E-state index contributed by atoms with van der Waals surface area (Å²) in [6, 6.07) is 9.07. The molecule has 0 heterocycles. The molecule has 0 aliphatic rings. The average Bonchev–Trinajstić information content (AvgIpc) is 2.46. The van der Waals surface area contributed by atoms with Crippen molar-refractivity contribution >= 4 is 27.5 Å². The van der Waals surface area contributed by atoms with E-state index in [9.17, 15) is 17.6 Å². The molecular formula is C15H14ClFN2O3S. The molecule has 1 atom stereocenters. The van der Waals surface area contributed by atoms with E-state index in [0.29, 0.717) is 5.56 Å². The Hall–Kier alpha value is -1.96. The van der Waals surface area contributed by atoms with E-state index in [-0.39, 0.29) is 15.5 Å². The van der Waals surface area contributed by atoms with Crippen LogP contribution in [0.5, 0.6) is 0 Å². The van der Waals surface area contributed by atoms with Crippen molar-refractivity contribution in [3.05, 3.63) is 64.4 Å². The smallest absolute Gasteiger partial charge is 0.254 e. The van der Waals surface area contributed by atoms with E-state index in [4.69, 9.17) is 16.7 Å². The van der Waals surface area contributed by atoms with Crippen LogP contribution in [-0.4, -0.2) is 14.3 Å². The largest absolute Gasteiger partial charge is 0.345 e. The summed E-state index contributed by atoms with van der Waals surface area (Å²) in [5, 5.41) is 7.85. The monoisotopic (exact) mass is 356 g/mol. The second-order valence-corrected chi connectivity index (χ2v) is 6.93. The molecule has 3 N–H and O–H groups in total. The lowest BCUT2D eigenvalue weighted by Crippen LogP contribution is -2.27. The maximum atomic E-state index is 13.7. The van der Waals surface area contributed by atoms with Gasteiger partial charge in [-0.25, -0.2) is 17.9 Å². The minimum atomic E-state index is -3.77. The Balaban J connectivity index is 2.15. The van der Waals surface area contributed by atoms with Crippen LogP contribution in [0.4, 0.5) is 4.39 Å². The molecule has 0 bridgehead atoms. The predicted octanol–water partition coefficient (Wildman–Crippen LogP) is 2.62. The molecule has 0 aliphatic carbocycles. The van der Waals surface area contributed by atoms with Crippen molar-refractivity contribution < 1.29 is 17.6 Å². The van der Waals surface area contributed by atoms with Gasteiger partial charge in [0.1, 0.15) is 5.82 Å². The van der Waals surface area contributed by atoms with Gasteiger partial charge in [-0.15, -0.1) is 0 Å². The van der Waals surface area contributed by atoms with Crippen molar-refractivity contribution in [1.29, 1.82) is 0 Å². The van der Waals surface area contributed by atoms with Gasteiger partial charge in [0.25, 0.3) is 5.91 Å². The maximum absolute atomic E-state index is 13.7. The number of primary sulfonamides is 1. The number of hydrogen-bond donors (Lipinski definition) is 2. The summed E-state index contributed by atoms with van der Waals surface area (Å²) in [6.45, 7) is 1.69. The lowest BCUT2D eigenvalue weighted by molar-refractivity contribution is 0.0936. The molecule has 0 radical (unpaired) electrons. The van der Waals surface area contributed by atoms with Crippen LogP contribution in [0.15, 0.2) is 47.4 Å². The van der Waals surface area contributed by atoms with Gasteiger partial charge in [0.2, 0.25) is 10.0 Å². The maximum Gasteiger partial charge on any atom is 0.254 e. The summed E-state index contributed by atoms with van der Waals surface area (Å²) in [6.07, 6.45) is 0. The highest BCUT2D eigenvalue weighted by Gasteiger charge is 2.16. The van der Waals surface area contributed by atoms with Gasteiger partial charge in [-0.1, -0.05) is 23.7 Å². The van der Waals surface area contributed by atoms with E-state index in [0.717, 1.165) is 6.07 Å². The average molecular weight is 357 g/mol. The van der Waals surface area contributed by atoms with Crippen LogP contribution in [0, 0.1) is 5.82 Å². The number of hydrogen-bond acceptors (Lipinski definition) is 3. The van der Waals surface area contributed by atoms with E-state index in [2.05, 4.69) is 5.32 Å². The van der Waals surface area contributed by atoms with Crippen LogP contribution in [0.1, 0.15) is 28.9 Å². The molecule has 5 nitrogen and oxygen atoms in total. The van der Waals surface area contributed by atoms with Gasteiger partial charge in [-0.2, -0.15) is 0 Å². The third-order valence-corrected chi connectivity index (χ3v) is 4.40. The SMILES string of the molecule is CC(NC(=O)c1ccc(Cl)cc1F)c1ccc(S(N)(=O)=O)cc1. The number of benzene rings is 2. The second-order valence-electron chi connectivity index (χ2n) is 4.93. The minimum Gasteiger partial charge on any atom is -0.345 e. The summed E-state index contributed by atoms with van der Waals surface area (Å²) in [5.74, 6) is -1.31. The molecule has 2 rings (SSSR count). The third kappa shape index (κ3) is 4.28. The first-order valence-electron chi connectivity index (χ1n) is 6.57. The van der Waals surface area contributed by atoms with Gasteiger partial charge in [0, 0.05) is 5.02 Å². The molecule has 0 aromatic heterocycles. The standard InChI is InChI=1S/C15H14ClFN2O3S/c1-9(10-2-5-12(6-3-10)23(18,21)22)19-15(20)13-7-4-11(16)8-14(13)17/h2-9H,1H3,(H,19,20)(H2,18,21,22). The van der Waals surface area contributed by atoms with Crippen molar-refractivity contribution in [2.24, 2.45) is 5.14 Å². The number of nitrogens with one attached hydrogen (secondary N) is 1. The van der Waals surface area contributed by atoms with E-state index < -0.39 is 27.8 Å². The number of nitrogens with two attached hydrogens (primary N) is 1. The van der Waals surface area contributed by atoms with Gasteiger partial charge in [-0.05, 0) is 42.8 Å². The Morgan fingerprint density at radius 1 is 1.22 bits per heavy atom. The Kier molecular flexibility index (Phi) is 5.03. The number of carbonyl (C=O) groups is 1. The van der Waals surface area contributed by atoms with E-state index in [1.54, 1.807) is 6.92 Å². The molecule has 0 saturated heterocycles. The van der Waals surface area contributed by atoms with Crippen molar-refractivity contribution in [2.45, 2.75) is 17.9 Å². The van der Waals surface area contributed by atoms with Gasteiger partial charge in [-0.3, -0.25) is 4.79 Å². The molecule has 23 heavy (non-hydrogen) atoms. The van der Waals surface area contributed by atoms with Crippen LogP contribution < -0.4 is 10.5 Å². The van der Waals surface area contributed by atoms with Crippen molar-refractivity contribution in [3.63, 3.8) is 0 Å². The third-order valence-electron chi connectivity index (χ3n) is 3.23. The molecule has 0 saturated carbocycles. The van der Waals surface area contributed by atoms with Gasteiger partial charge >= 0.3 is 0 Å². The number of halogens is 2. The Morgan fingerprint density at radius 2 is 1.83 bits per heavy atom. The molecule has 0 aliphatic heterocycles. The lowest BCUT2D eigenvalue weighted by atomic mass is 10.1. The molecule has 122 valence electrons. The first kappa shape index (κ1) is 17.4. The fraction of sp³-hybridized carbons (Fsp3) is 0.133. The van der Waals surface area contributed by atoms with E-state index in [1.165, 1.54) is 36.4 Å². The molecule has 1 amide bonds. The highest BCUT2D eigenvalue weighted by atomic mass is 35.5. The molecule has 1 unspecified atom stereocenters. The molecule has 0 fully saturated rings. The van der Waals surface area contributed by atoms with Crippen molar-refractivity contribution in [2.75, 3.05) is 0 Å². The predicted molar refractivity (Wildman–Crippen MR) is 85.1 cm³/mol. The number of sulfonamides is 1. The minimum absolute atomic E-state index is 0.0245. The number of amides is 1. The summed E-state index contributed by atoms with van der Waals surface area (Å²) in [7, 11) is -3.77. The molecular weight excluding hydrogens is 343 g/mol. The van der Waals surface area contributed by atoms with Gasteiger partial charge < -0.3 is 5.32 Å². The zero-order chi connectivity index (χ0) is 17.2. The topological polar surface area (TPSA) is 89.3 Å². The summed E-state index contributed by atoms with van der Waals surface area (Å²) in [5.41, 5.74) is 0.530. The first-order chi connectivity index (χ1) is 10.7. The van der Waals surface area contributed by atoms with E-state index >= 15 is 0 Å². The van der Waals surface area contributed by atoms with E-state index in [1.807, 2.05) is 0 Å². The lowest BCUT2D eigenvalue weighted by Gasteiger charge is -2.15. The zero-order valence-corrected chi connectivity index (χ0v) is 13.7. The highest BCUT2D eigenvalue weighted by molar-refractivity contribution is 7.89. The summed E-state index contributed by atoms with van der Waals surface area (Å²) >= 11 is 5.64. The van der Waals surface area contributed by atoms with Gasteiger partial charge in [0.05, 0.1) is 16.5 Å². The Bertz CT molecular complexity index is 838. The number of carbonyl (C=O) groups excluding carboxylic acids is 1. The normalized spacial score (nSPS) is 12.7. The molecule has 2 aromatic rings. The zero-order valence-electron chi connectivity index (χ0n) is 12.1. The summed E-state index contributed by atoms with van der Waals surface area (Å²) < 4.78 is 36.1. The van der Waals surface area contributed by atoms with Crippen LogP contribution in [0.3, 0.4) is 0 Å². The van der Waals surface area contributed by atoms with Crippen LogP contribution in [0.2, 0.25) is 5.02 Å². The molecule has 8 heteroatoms. The van der Waals surface area contributed by atoms with Crippen LogP contribution in [0.25, 0.3) is 0 Å². The van der Waals surface area contributed by atoms with Crippen molar-refractivity contribution in [1.82, 2.24) is 5.32 Å². The Labute approximate surface area is 138 Å².